The Balaban J connectivity index is 2.13. The van der Waals surface area contributed by atoms with Crippen LogP contribution in [0, 0.1) is 11.6 Å². The van der Waals surface area contributed by atoms with Gasteiger partial charge >= 0.3 is 0 Å². The van der Waals surface area contributed by atoms with Crippen molar-refractivity contribution in [1.82, 2.24) is 4.90 Å². The Bertz CT molecular complexity index is 644. The molecule has 0 saturated carbocycles. The molecule has 0 unspecified atom stereocenters. The minimum Gasteiger partial charge on any atom is -0.342 e. The third-order valence-electron chi connectivity index (χ3n) is 3.25. The quantitative estimate of drug-likeness (QED) is 0.831. The average Bonchev–Trinajstić information content (AvgIpc) is 2.48. The fraction of sp³-hybridized carbons (Fsp3) is 0.235. The molecule has 2 rings (SSSR count). The molecule has 2 aromatic rings. The Labute approximate surface area is 134 Å². The van der Waals surface area contributed by atoms with Crippen molar-refractivity contribution in [2.75, 3.05) is 5.32 Å². The summed E-state index contributed by atoms with van der Waals surface area (Å²) in [5.74, 6) is -1.27. The van der Waals surface area contributed by atoms with Crippen LogP contribution < -0.4 is 5.32 Å². The van der Waals surface area contributed by atoms with Crippen molar-refractivity contribution in [2.24, 2.45) is 0 Å². The Morgan fingerprint density at radius 1 is 1.14 bits per heavy atom. The van der Waals surface area contributed by atoms with Gasteiger partial charge in [0.05, 0.1) is 5.69 Å². The minimum atomic E-state index is -0.661. The first-order valence-corrected chi connectivity index (χ1v) is 7.45. The van der Waals surface area contributed by atoms with E-state index >= 15 is 0 Å². The highest BCUT2D eigenvalue weighted by Gasteiger charge is 2.15. The molecule has 1 N–H and O–H groups in total. The van der Waals surface area contributed by atoms with Crippen LogP contribution in [0.3, 0.4) is 0 Å². The van der Waals surface area contributed by atoms with Gasteiger partial charge in [-0.15, -0.1) is 0 Å². The van der Waals surface area contributed by atoms with E-state index in [1.54, 1.807) is 0 Å². The number of thiocarbonyl (C=S) groups is 1. The second-order valence-corrected chi connectivity index (χ2v) is 5.65. The molecule has 116 valence electrons. The van der Waals surface area contributed by atoms with Gasteiger partial charge in [-0.1, -0.05) is 30.3 Å². The maximum atomic E-state index is 13.7. The largest absolute Gasteiger partial charge is 0.342 e. The van der Waals surface area contributed by atoms with Crippen LogP contribution in [0.4, 0.5) is 14.5 Å². The van der Waals surface area contributed by atoms with Gasteiger partial charge in [0.2, 0.25) is 0 Å². The highest BCUT2D eigenvalue weighted by Crippen LogP contribution is 2.17. The van der Waals surface area contributed by atoms with Gasteiger partial charge in [0.15, 0.2) is 5.11 Å². The number of nitrogens with zero attached hydrogens (tertiary/aromatic N) is 1. The predicted octanol–water partition coefficient (Wildman–Crippen LogP) is 4.57. The number of rotatable bonds is 4. The van der Waals surface area contributed by atoms with Crippen LogP contribution in [0.25, 0.3) is 0 Å². The van der Waals surface area contributed by atoms with E-state index in [0.717, 1.165) is 11.6 Å². The van der Waals surface area contributed by atoms with Crippen LogP contribution in [-0.2, 0) is 6.54 Å². The normalized spacial score (nSPS) is 10.6. The average molecular weight is 320 g/mol. The Morgan fingerprint density at radius 2 is 1.82 bits per heavy atom. The van der Waals surface area contributed by atoms with Gasteiger partial charge in [-0.3, -0.25) is 0 Å². The van der Waals surface area contributed by atoms with Crippen molar-refractivity contribution in [3.8, 4) is 0 Å². The summed E-state index contributed by atoms with van der Waals surface area (Å²) in [6.45, 7) is 4.64. The molecular formula is C17H18F2N2S. The van der Waals surface area contributed by atoms with Crippen molar-refractivity contribution in [3.05, 3.63) is 65.7 Å². The zero-order chi connectivity index (χ0) is 16.1. The third kappa shape index (κ3) is 4.24. The SMILES string of the molecule is CC(C)N(Cc1ccccc1)C(=S)Nc1ccc(F)cc1F. The van der Waals surface area contributed by atoms with Gasteiger partial charge in [0.25, 0.3) is 0 Å². The maximum absolute atomic E-state index is 13.7. The molecule has 0 heterocycles. The lowest BCUT2D eigenvalue weighted by molar-refractivity contribution is 0.348. The fourth-order valence-corrected chi connectivity index (χ4v) is 2.43. The molecule has 22 heavy (non-hydrogen) atoms. The van der Waals surface area contributed by atoms with E-state index in [1.165, 1.54) is 12.1 Å². The van der Waals surface area contributed by atoms with Crippen LogP contribution in [0.2, 0.25) is 0 Å². The predicted molar refractivity (Wildman–Crippen MR) is 89.7 cm³/mol. The summed E-state index contributed by atoms with van der Waals surface area (Å²) in [5, 5.41) is 3.26. The molecule has 0 aliphatic heterocycles. The van der Waals surface area contributed by atoms with E-state index in [1.807, 2.05) is 49.1 Å². The third-order valence-corrected chi connectivity index (χ3v) is 3.59. The van der Waals surface area contributed by atoms with Crippen LogP contribution in [-0.4, -0.2) is 16.1 Å². The van der Waals surface area contributed by atoms with E-state index in [-0.39, 0.29) is 11.7 Å². The molecule has 0 aromatic heterocycles. The lowest BCUT2D eigenvalue weighted by Gasteiger charge is -2.30. The molecule has 0 saturated heterocycles. The van der Waals surface area contributed by atoms with E-state index in [9.17, 15) is 8.78 Å². The molecule has 0 bridgehead atoms. The first kappa shape index (κ1) is 16.4. The van der Waals surface area contributed by atoms with E-state index < -0.39 is 11.6 Å². The Hall–Kier alpha value is -2.01. The maximum Gasteiger partial charge on any atom is 0.174 e. The molecule has 5 heteroatoms. The molecule has 0 aliphatic carbocycles. The Kier molecular flexibility index (Phi) is 5.44. The highest BCUT2D eigenvalue weighted by molar-refractivity contribution is 7.80. The zero-order valence-corrected chi connectivity index (χ0v) is 13.3. The molecule has 2 aromatic carbocycles. The summed E-state index contributed by atoms with van der Waals surface area (Å²) in [6, 6.07) is 13.4. The van der Waals surface area contributed by atoms with Crippen molar-refractivity contribution >= 4 is 23.0 Å². The number of anilines is 1. The standard InChI is InChI=1S/C17H18F2N2S/c1-12(2)21(11-13-6-4-3-5-7-13)17(22)20-16-9-8-14(18)10-15(16)19/h3-10,12H,11H2,1-2H3,(H,20,22). The second kappa shape index (κ2) is 7.31. The molecule has 2 nitrogen and oxygen atoms in total. The van der Waals surface area contributed by atoms with Crippen molar-refractivity contribution < 1.29 is 8.78 Å². The van der Waals surface area contributed by atoms with Crippen molar-refractivity contribution in [1.29, 1.82) is 0 Å². The number of hydrogen-bond acceptors (Lipinski definition) is 1. The molecule has 0 amide bonds. The van der Waals surface area contributed by atoms with E-state index in [4.69, 9.17) is 12.2 Å². The highest BCUT2D eigenvalue weighted by atomic mass is 32.1. The van der Waals surface area contributed by atoms with Crippen LogP contribution in [0.15, 0.2) is 48.5 Å². The van der Waals surface area contributed by atoms with Gasteiger partial charge in [-0.05, 0) is 43.8 Å². The first-order chi connectivity index (χ1) is 10.5. The van der Waals surface area contributed by atoms with Crippen LogP contribution >= 0.6 is 12.2 Å². The molecule has 0 atom stereocenters. The topological polar surface area (TPSA) is 15.3 Å². The summed E-state index contributed by atoms with van der Waals surface area (Å²) in [4.78, 5) is 1.95. The summed E-state index contributed by atoms with van der Waals surface area (Å²) in [6.07, 6.45) is 0. The second-order valence-electron chi connectivity index (χ2n) is 5.26. The lowest BCUT2D eigenvalue weighted by atomic mass is 10.2. The fourth-order valence-electron chi connectivity index (χ4n) is 2.05. The molecule has 0 aliphatic rings. The number of halogens is 2. The van der Waals surface area contributed by atoms with E-state index in [2.05, 4.69) is 5.32 Å². The van der Waals surface area contributed by atoms with Gasteiger partial charge < -0.3 is 10.2 Å². The summed E-state index contributed by atoms with van der Waals surface area (Å²) in [7, 11) is 0. The van der Waals surface area contributed by atoms with Gasteiger partial charge in [0.1, 0.15) is 11.6 Å². The summed E-state index contributed by atoms with van der Waals surface area (Å²) >= 11 is 5.38. The number of nitrogens with one attached hydrogen (secondary N) is 1. The summed E-state index contributed by atoms with van der Waals surface area (Å²) in [5.41, 5.74) is 1.28. The van der Waals surface area contributed by atoms with Gasteiger partial charge in [0, 0.05) is 18.7 Å². The van der Waals surface area contributed by atoms with Gasteiger partial charge in [-0.2, -0.15) is 0 Å². The monoisotopic (exact) mass is 320 g/mol. The molecule has 0 fully saturated rings. The number of benzene rings is 2. The molecule has 0 spiro atoms. The van der Waals surface area contributed by atoms with E-state index in [0.29, 0.717) is 11.7 Å². The van der Waals surface area contributed by atoms with Gasteiger partial charge in [-0.25, -0.2) is 8.78 Å². The zero-order valence-electron chi connectivity index (χ0n) is 12.5. The smallest absolute Gasteiger partial charge is 0.174 e. The van der Waals surface area contributed by atoms with Crippen molar-refractivity contribution in [2.45, 2.75) is 26.4 Å². The molecule has 0 radical (unpaired) electrons. The van der Waals surface area contributed by atoms with Crippen LogP contribution in [0.5, 0.6) is 0 Å². The summed E-state index contributed by atoms with van der Waals surface area (Å²) < 4.78 is 26.7. The minimum absolute atomic E-state index is 0.142. The Morgan fingerprint density at radius 3 is 2.41 bits per heavy atom. The first-order valence-electron chi connectivity index (χ1n) is 7.04. The number of hydrogen-bond donors (Lipinski definition) is 1. The van der Waals surface area contributed by atoms with Crippen molar-refractivity contribution in [3.63, 3.8) is 0 Å². The van der Waals surface area contributed by atoms with Crippen LogP contribution in [0.1, 0.15) is 19.4 Å². The molecular weight excluding hydrogens is 302 g/mol. The lowest BCUT2D eigenvalue weighted by Crippen LogP contribution is -2.39.